The van der Waals surface area contributed by atoms with Crippen molar-refractivity contribution in [2.45, 2.75) is 50.8 Å². The van der Waals surface area contributed by atoms with E-state index in [0.717, 1.165) is 49.4 Å². The van der Waals surface area contributed by atoms with Gasteiger partial charge in [-0.25, -0.2) is 0 Å². The molecule has 1 aliphatic carbocycles. The maximum Gasteiger partial charge on any atom is 0.261 e. The molecule has 1 heterocycles. The first kappa shape index (κ1) is 23.2. The van der Waals surface area contributed by atoms with Gasteiger partial charge in [0.2, 0.25) is 5.91 Å². The molecule has 1 saturated carbocycles. The molecular formula is C23H32ClN3O2S. The predicted molar refractivity (Wildman–Crippen MR) is 126 cm³/mol. The molecule has 0 spiro atoms. The molecule has 0 aromatic heterocycles. The van der Waals surface area contributed by atoms with Gasteiger partial charge < -0.3 is 15.1 Å². The zero-order valence-corrected chi connectivity index (χ0v) is 19.5. The molecule has 1 aromatic rings. The second-order valence-corrected chi connectivity index (χ2v) is 9.60. The first-order valence-electron chi connectivity index (χ1n) is 11.0. The van der Waals surface area contributed by atoms with E-state index >= 15 is 0 Å². The molecule has 7 heteroatoms. The summed E-state index contributed by atoms with van der Waals surface area (Å²) in [7, 11) is 0. The highest BCUT2D eigenvalue weighted by molar-refractivity contribution is 8.04. The summed E-state index contributed by atoms with van der Waals surface area (Å²) >= 11 is 7.67. The molecule has 164 valence electrons. The van der Waals surface area contributed by atoms with Crippen LogP contribution in [0.5, 0.6) is 0 Å². The maximum absolute atomic E-state index is 13.3. The molecule has 30 heavy (non-hydrogen) atoms. The standard InChI is InChI=1S/C23H32ClN3O2S/c1-3-26(4-2)14-13-25-22(28)16-27-19-7-5-6-8-20(19)30-21(23(27)29)15-17-9-11-18(24)12-10-17/h9-12,15,19-20H,3-8,13-14,16H2,1-2H3,(H,25,28)/b21-15+. The first-order chi connectivity index (χ1) is 14.5. The summed E-state index contributed by atoms with van der Waals surface area (Å²) in [5.74, 6) is -0.102. The molecular weight excluding hydrogens is 418 g/mol. The van der Waals surface area contributed by atoms with Crippen LogP contribution in [0.25, 0.3) is 6.08 Å². The molecule has 1 aliphatic heterocycles. The fourth-order valence-electron chi connectivity index (χ4n) is 4.18. The minimum Gasteiger partial charge on any atom is -0.353 e. The van der Waals surface area contributed by atoms with E-state index in [9.17, 15) is 9.59 Å². The number of hydrogen-bond acceptors (Lipinski definition) is 4. The van der Waals surface area contributed by atoms with Crippen LogP contribution in [-0.2, 0) is 9.59 Å². The van der Waals surface area contributed by atoms with Crippen molar-refractivity contribution in [1.82, 2.24) is 15.1 Å². The molecule has 3 rings (SSSR count). The number of fused-ring (bicyclic) bond motifs is 1. The van der Waals surface area contributed by atoms with E-state index in [-0.39, 0.29) is 24.4 Å². The molecule has 5 nitrogen and oxygen atoms in total. The van der Waals surface area contributed by atoms with Crippen LogP contribution < -0.4 is 5.32 Å². The minimum absolute atomic E-state index is 0.0306. The Morgan fingerprint density at radius 3 is 2.63 bits per heavy atom. The van der Waals surface area contributed by atoms with Gasteiger partial charge in [-0.2, -0.15) is 0 Å². The summed E-state index contributed by atoms with van der Waals surface area (Å²) in [6, 6.07) is 7.64. The zero-order valence-electron chi connectivity index (χ0n) is 17.9. The summed E-state index contributed by atoms with van der Waals surface area (Å²) in [4.78, 5) is 30.7. The van der Waals surface area contributed by atoms with Crippen LogP contribution in [-0.4, -0.2) is 65.6 Å². The molecule has 1 aromatic carbocycles. The van der Waals surface area contributed by atoms with Gasteiger partial charge in [-0.05, 0) is 49.7 Å². The van der Waals surface area contributed by atoms with Crippen molar-refractivity contribution >= 4 is 41.3 Å². The lowest BCUT2D eigenvalue weighted by molar-refractivity contribution is -0.135. The average Bonchev–Trinajstić information content (AvgIpc) is 2.75. The number of nitrogens with one attached hydrogen (secondary N) is 1. The van der Waals surface area contributed by atoms with Gasteiger partial charge in [0.1, 0.15) is 6.54 Å². The van der Waals surface area contributed by atoms with E-state index in [1.54, 1.807) is 11.8 Å². The molecule has 2 aliphatic rings. The number of hydrogen-bond donors (Lipinski definition) is 1. The normalized spacial score (nSPS) is 23.0. The Balaban J connectivity index is 1.69. The number of carbonyl (C=O) groups excluding carboxylic acids is 2. The Kier molecular flexibility index (Phi) is 8.66. The Morgan fingerprint density at radius 1 is 1.23 bits per heavy atom. The molecule has 0 radical (unpaired) electrons. The minimum atomic E-state index is -0.0717. The molecule has 1 saturated heterocycles. The van der Waals surface area contributed by atoms with Crippen LogP contribution in [0.4, 0.5) is 0 Å². The largest absolute Gasteiger partial charge is 0.353 e. The van der Waals surface area contributed by atoms with Gasteiger partial charge in [0.15, 0.2) is 0 Å². The second kappa shape index (κ2) is 11.2. The van der Waals surface area contributed by atoms with Gasteiger partial charge in [0.25, 0.3) is 5.91 Å². The summed E-state index contributed by atoms with van der Waals surface area (Å²) in [6.45, 7) is 7.75. The highest BCUT2D eigenvalue weighted by Crippen LogP contribution is 2.42. The molecule has 2 atom stereocenters. The van der Waals surface area contributed by atoms with E-state index in [4.69, 9.17) is 11.6 Å². The maximum atomic E-state index is 13.3. The van der Waals surface area contributed by atoms with E-state index in [1.165, 1.54) is 6.42 Å². The van der Waals surface area contributed by atoms with Crippen molar-refractivity contribution in [1.29, 1.82) is 0 Å². The van der Waals surface area contributed by atoms with E-state index in [1.807, 2.05) is 35.2 Å². The van der Waals surface area contributed by atoms with Gasteiger partial charge in [0, 0.05) is 29.4 Å². The topological polar surface area (TPSA) is 52.7 Å². The Morgan fingerprint density at radius 2 is 1.93 bits per heavy atom. The zero-order chi connectivity index (χ0) is 21.5. The lowest BCUT2D eigenvalue weighted by Gasteiger charge is -2.43. The Hall–Kier alpha value is -1.50. The summed E-state index contributed by atoms with van der Waals surface area (Å²) in [5, 5.41) is 4.04. The quantitative estimate of drug-likeness (QED) is 0.609. The fourth-order valence-corrected chi connectivity index (χ4v) is 5.77. The Labute approximate surface area is 189 Å². The SMILES string of the molecule is CCN(CC)CCNC(=O)CN1C(=O)/C(=C\c2ccc(Cl)cc2)SC2CCCCC21. The van der Waals surface area contributed by atoms with Gasteiger partial charge >= 0.3 is 0 Å². The monoisotopic (exact) mass is 449 g/mol. The molecule has 2 fully saturated rings. The van der Waals surface area contributed by atoms with Crippen molar-refractivity contribution in [3.8, 4) is 0 Å². The van der Waals surface area contributed by atoms with E-state index in [2.05, 4.69) is 24.1 Å². The van der Waals surface area contributed by atoms with Crippen LogP contribution >= 0.6 is 23.4 Å². The fraction of sp³-hybridized carbons (Fsp3) is 0.565. The number of thioether (sulfide) groups is 1. The third-order valence-electron chi connectivity index (χ3n) is 5.94. The third-order valence-corrected chi connectivity index (χ3v) is 7.60. The number of nitrogens with zero attached hydrogens (tertiary/aromatic N) is 2. The van der Waals surface area contributed by atoms with Gasteiger partial charge in [0.05, 0.1) is 4.91 Å². The van der Waals surface area contributed by atoms with Crippen LogP contribution in [0.3, 0.4) is 0 Å². The Bertz CT molecular complexity index is 764. The number of halogens is 1. The van der Waals surface area contributed by atoms with Crippen molar-refractivity contribution in [2.75, 3.05) is 32.7 Å². The van der Waals surface area contributed by atoms with Crippen LogP contribution in [0.1, 0.15) is 45.1 Å². The third kappa shape index (κ3) is 6.02. The van der Waals surface area contributed by atoms with Crippen molar-refractivity contribution in [3.05, 3.63) is 39.8 Å². The van der Waals surface area contributed by atoms with E-state index < -0.39 is 0 Å². The molecule has 2 unspecified atom stereocenters. The lowest BCUT2D eigenvalue weighted by Crippen LogP contribution is -2.54. The summed E-state index contributed by atoms with van der Waals surface area (Å²) in [6.07, 6.45) is 6.29. The van der Waals surface area contributed by atoms with Crippen LogP contribution in [0, 0.1) is 0 Å². The molecule has 2 amide bonds. The summed E-state index contributed by atoms with van der Waals surface area (Å²) < 4.78 is 0. The van der Waals surface area contributed by atoms with Gasteiger partial charge in [-0.1, -0.05) is 50.4 Å². The highest BCUT2D eigenvalue weighted by Gasteiger charge is 2.41. The van der Waals surface area contributed by atoms with Crippen molar-refractivity contribution in [2.24, 2.45) is 0 Å². The van der Waals surface area contributed by atoms with Crippen LogP contribution in [0.15, 0.2) is 29.2 Å². The van der Waals surface area contributed by atoms with Crippen molar-refractivity contribution < 1.29 is 9.59 Å². The molecule has 1 N–H and O–H groups in total. The van der Waals surface area contributed by atoms with Gasteiger partial charge in [-0.15, -0.1) is 11.8 Å². The smallest absolute Gasteiger partial charge is 0.261 e. The number of amides is 2. The number of likely N-dealkylation sites (N-methyl/N-ethyl adjacent to an activating group) is 1. The molecule has 0 bridgehead atoms. The second-order valence-electron chi connectivity index (χ2n) is 7.88. The van der Waals surface area contributed by atoms with E-state index in [0.29, 0.717) is 16.8 Å². The van der Waals surface area contributed by atoms with Gasteiger partial charge in [-0.3, -0.25) is 9.59 Å². The average molecular weight is 450 g/mol. The number of benzene rings is 1. The van der Waals surface area contributed by atoms with Crippen LogP contribution in [0.2, 0.25) is 5.02 Å². The highest BCUT2D eigenvalue weighted by atomic mass is 35.5. The number of carbonyl (C=O) groups is 2. The number of rotatable bonds is 8. The lowest BCUT2D eigenvalue weighted by atomic mass is 9.93. The predicted octanol–water partition coefficient (Wildman–Crippen LogP) is 4.03. The first-order valence-corrected chi connectivity index (χ1v) is 12.2. The van der Waals surface area contributed by atoms with Crippen molar-refractivity contribution in [3.63, 3.8) is 0 Å². The summed E-state index contributed by atoms with van der Waals surface area (Å²) in [5.41, 5.74) is 0.952.